The minimum atomic E-state index is 0.737. The van der Waals surface area contributed by atoms with Crippen molar-refractivity contribution in [3.05, 3.63) is 42.2 Å². The Labute approximate surface area is 118 Å². The predicted octanol–water partition coefficient (Wildman–Crippen LogP) is 3.62. The first-order valence-corrected chi connectivity index (χ1v) is 7.01. The first kappa shape index (κ1) is 11.4. The molecule has 0 saturated heterocycles. The van der Waals surface area contributed by atoms with Crippen LogP contribution in [0.3, 0.4) is 0 Å². The van der Waals surface area contributed by atoms with Crippen LogP contribution in [0.1, 0.15) is 5.69 Å². The van der Waals surface area contributed by atoms with Crippen molar-refractivity contribution in [3.8, 4) is 0 Å². The summed E-state index contributed by atoms with van der Waals surface area (Å²) in [6.07, 6.45) is 1.76. The van der Waals surface area contributed by atoms with Crippen molar-refractivity contribution in [1.82, 2.24) is 19.6 Å². The summed E-state index contributed by atoms with van der Waals surface area (Å²) in [7, 11) is 0. The Morgan fingerprint density at radius 3 is 3.15 bits per heavy atom. The lowest BCUT2D eigenvalue weighted by molar-refractivity contribution is 1.12. The van der Waals surface area contributed by atoms with Crippen LogP contribution in [0.5, 0.6) is 0 Å². The number of pyridine rings is 1. The molecule has 0 aliphatic heterocycles. The maximum atomic E-state index is 4.36. The number of fused-ring (bicyclic) bond motifs is 2. The van der Waals surface area contributed by atoms with E-state index in [1.807, 2.05) is 25.1 Å². The summed E-state index contributed by atoms with van der Waals surface area (Å²) in [6, 6.07) is 10.0. The van der Waals surface area contributed by atoms with Gasteiger partial charge in [0.05, 0.1) is 15.9 Å². The zero-order valence-corrected chi connectivity index (χ0v) is 11.5. The number of aromatic nitrogens is 4. The Balaban J connectivity index is 1.78. The molecule has 0 bridgehead atoms. The van der Waals surface area contributed by atoms with Gasteiger partial charge in [-0.05, 0) is 48.8 Å². The van der Waals surface area contributed by atoms with Gasteiger partial charge in [0.1, 0.15) is 5.52 Å². The highest BCUT2D eigenvalue weighted by molar-refractivity contribution is 7.13. The Morgan fingerprint density at radius 2 is 2.20 bits per heavy atom. The normalized spacial score (nSPS) is 11.2. The quantitative estimate of drug-likeness (QED) is 0.589. The SMILES string of the molecule is Cc1nsc2ccc(Nc3n[nH]c4cccnc34)cc12. The third-order valence-corrected chi connectivity index (χ3v) is 4.15. The molecular formula is C14H11N5S. The standard InChI is InChI=1S/C14H11N5S/c1-8-10-7-9(4-5-12(10)20-19-8)16-14-13-11(17-18-14)3-2-6-15-13/h2-7H,1H3,(H2,16,17,18). The molecule has 3 aromatic heterocycles. The number of hydrogen-bond acceptors (Lipinski definition) is 5. The number of rotatable bonds is 2. The van der Waals surface area contributed by atoms with Crippen molar-refractivity contribution in [2.75, 3.05) is 5.32 Å². The Kier molecular flexibility index (Phi) is 2.43. The largest absolute Gasteiger partial charge is 0.337 e. The van der Waals surface area contributed by atoms with E-state index < -0.39 is 0 Å². The van der Waals surface area contributed by atoms with Crippen molar-refractivity contribution < 1.29 is 0 Å². The minimum Gasteiger partial charge on any atom is -0.337 e. The van der Waals surface area contributed by atoms with Gasteiger partial charge in [0.15, 0.2) is 5.82 Å². The zero-order valence-electron chi connectivity index (χ0n) is 10.7. The number of nitrogens with zero attached hydrogens (tertiary/aromatic N) is 3. The monoisotopic (exact) mass is 281 g/mol. The van der Waals surface area contributed by atoms with Gasteiger partial charge in [-0.3, -0.25) is 10.1 Å². The molecule has 6 heteroatoms. The first-order valence-electron chi connectivity index (χ1n) is 6.23. The van der Waals surface area contributed by atoms with Crippen LogP contribution in [0.15, 0.2) is 36.5 Å². The molecule has 3 heterocycles. The van der Waals surface area contributed by atoms with Crippen LogP contribution >= 0.6 is 11.5 Å². The van der Waals surface area contributed by atoms with Crippen LogP contribution in [0.4, 0.5) is 11.5 Å². The average Bonchev–Trinajstić information content (AvgIpc) is 3.05. The Bertz CT molecular complexity index is 908. The second-order valence-corrected chi connectivity index (χ2v) is 5.38. The molecule has 0 aliphatic rings. The van der Waals surface area contributed by atoms with E-state index in [1.165, 1.54) is 21.6 Å². The molecule has 0 unspecified atom stereocenters. The summed E-state index contributed by atoms with van der Waals surface area (Å²) in [4.78, 5) is 4.34. The predicted molar refractivity (Wildman–Crippen MR) is 81.5 cm³/mol. The molecule has 4 aromatic rings. The number of hydrogen-bond donors (Lipinski definition) is 2. The van der Waals surface area contributed by atoms with Crippen LogP contribution in [0, 0.1) is 6.92 Å². The average molecular weight is 281 g/mol. The summed E-state index contributed by atoms with van der Waals surface area (Å²) < 4.78 is 5.56. The Morgan fingerprint density at radius 1 is 1.25 bits per heavy atom. The maximum absolute atomic E-state index is 4.36. The number of nitrogens with one attached hydrogen (secondary N) is 2. The van der Waals surface area contributed by atoms with Gasteiger partial charge in [0.25, 0.3) is 0 Å². The molecule has 0 radical (unpaired) electrons. The maximum Gasteiger partial charge on any atom is 0.178 e. The molecular weight excluding hydrogens is 270 g/mol. The van der Waals surface area contributed by atoms with Gasteiger partial charge in [-0.2, -0.15) is 9.47 Å². The molecule has 0 amide bonds. The summed E-state index contributed by atoms with van der Waals surface area (Å²) in [5.41, 5.74) is 3.80. The van der Waals surface area contributed by atoms with E-state index in [-0.39, 0.29) is 0 Å². The number of benzene rings is 1. The van der Waals surface area contributed by atoms with Crippen LogP contribution < -0.4 is 5.32 Å². The first-order chi connectivity index (χ1) is 9.81. The molecule has 4 rings (SSSR count). The van der Waals surface area contributed by atoms with Crippen molar-refractivity contribution in [1.29, 1.82) is 0 Å². The van der Waals surface area contributed by atoms with E-state index in [9.17, 15) is 0 Å². The molecule has 0 fully saturated rings. The summed E-state index contributed by atoms with van der Waals surface area (Å²) in [5, 5.41) is 11.7. The lowest BCUT2D eigenvalue weighted by Gasteiger charge is -2.03. The zero-order chi connectivity index (χ0) is 13.5. The number of H-pyrrole nitrogens is 1. The second kappa shape index (κ2) is 4.28. The molecule has 98 valence electrons. The Hall–Kier alpha value is -2.47. The van der Waals surface area contributed by atoms with Crippen molar-refractivity contribution in [2.24, 2.45) is 0 Å². The molecule has 0 spiro atoms. The van der Waals surface area contributed by atoms with E-state index in [1.54, 1.807) is 6.20 Å². The van der Waals surface area contributed by atoms with Gasteiger partial charge < -0.3 is 5.32 Å². The topological polar surface area (TPSA) is 66.5 Å². The molecule has 20 heavy (non-hydrogen) atoms. The van der Waals surface area contributed by atoms with Crippen molar-refractivity contribution >= 4 is 44.2 Å². The van der Waals surface area contributed by atoms with Gasteiger partial charge in [-0.15, -0.1) is 0 Å². The molecule has 5 nitrogen and oxygen atoms in total. The summed E-state index contributed by atoms with van der Waals surface area (Å²) in [6.45, 7) is 2.02. The highest BCUT2D eigenvalue weighted by atomic mass is 32.1. The number of aromatic amines is 1. The fraction of sp³-hybridized carbons (Fsp3) is 0.0714. The molecule has 0 aliphatic carbocycles. The minimum absolute atomic E-state index is 0.737. The second-order valence-electron chi connectivity index (χ2n) is 4.58. The van der Waals surface area contributed by atoms with Crippen LogP contribution in [0.2, 0.25) is 0 Å². The lowest BCUT2D eigenvalue weighted by Crippen LogP contribution is -1.91. The van der Waals surface area contributed by atoms with Gasteiger partial charge in [-0.25, -0.2) is 0 Å². The molecule has 0 saturated carbocycles. The molecule has 1 aromatic carbocycles. The van der Waals surface area contributed by atoms with Crippen molar-refractivity contribution in [3.63, 3.8) is 0 Å². The third kappa shape index (κ3) is 1.73. The highest BCUT2D eigenvalue weighted by Crippen LogP contribution is 2.28. The van der Waals surface area contributed by atoms with Crippen LogP contribution in [0.25, 0.3) is 21.1 Å². The van der Waals surface area contributed by atoms with Crippen LogP contribution in [-0.4, -0.2) is 19.6 Å². The third-order valence-electron chi connectivity index (χ3n) is 3.23. The molecule has 2 N–H and O–H groups in total. The van der Waals surface area contributed by atoms with E-state index in [0.29, 0.717) is 0 Å². The van der Waals surface area contributed by atoms with Gasteiger partial charge >= 0.3 is 0 Å². The summed E-state index contributed by atoms with van der Waals surface area (Å²) >= 11 is 1.52. The van der Waals surface area contributed by atoms with Gasteiger partial charge in [0, 0.05) is 17.3 Å². The lowest BCUT2D eigenvalue weighted by atomic mass is 10.2. The molecule has 0 atom stereocenters. The highest BCUT2D eigenvalue weighted by Gasteiger charge is 2.08. The van der Waals surface area contributed by atoms with E-state index in [2.05, 4.69) is 37.0 Å². The van der Waals surface area contributed by atoms with E-state index in [4.69, 9.17) is 0 Å². The van der Waals surface area contributed by atoms with Crippen molar-refractivity contribution in [2.45, 2.75) is 6.92 Å². The van der Waals surface area contributed by atoms with Gasteiger partial charge in [-0.1, -0.05) is 0 Å². The summed E-state index contributed by atoms with van der Waals surface area (Å²) in [5.74, 6) is 0.737. The van der Waals surface area contributed by atoms with Gasteiger partial charge in [0.2, 0.25) is 0 Å². The fourth-order valence-corrected chi connectivity index (χ4v) is 2.98. The number of anilines is 2. The smallest absolute Gasteiger partial charge is 0.178 e. The van der Waals surface area contributed by atoms with E-state index in [0.717, 1.165) is 28.2 Å². The van der Waals surface area contributed by atoms with Crippen LogP contribution in [-0.2, 0) is 0 Å². The fourth-order valence-electron chi connectivity index (χ4n) is 2.21. The van der Waals surface area contributed by atoms with E-state index >= 15 is 0 Å². The number of aryl methyl sites for hydroxylation is 1.